The van der Waals surface area contributed by atoms with E-state index in [9.17, 15) is 4.79 Å². The van der Waals surface area contributed by atoms with Gasteiger partial charge in [-0.15, -0.1) is 0 Å². The lowest BCUT2D eigenvalue weighted by atomic mass is 9.94. The van der Waals surface area contributed by atoms with Crippen LogP contribution >= 0.6 is 31.9 Å². The molecule has 1 saturated heterocycles. The van der Waals surface area contributed by atoms with Gasteiger partial charge >= 0.3 is 0 Å². The molecule has 1 aromatic carbocycles. The second kappa shape index (κ2) is 5.74. The number of carbonyl (C=O) groups excluding carboxylic acids is 1. The largest absolute Gasteiger partial charge is 0.336 e. The number of rotatable bonds is 1. The summed E-state index contributed by atoms with van der Waals surface area (Å²) in [5, 5.41) is 0. The van der Waals surface area contributed by atoms with E-state index < -0.39 is 0 Å². The fourth-order valence-corrected chi connectivity index (χ4v) is 3.71. The van der Waals surface area contributed by atoms with Gasteiger partial charge in [0.15, 0.2) is 0 Å². The molecule has 98 valence electrons. The predicted octanol–water partition coefficient (Wildman–Crippen LogP) is 4.47. The van der Waals surface area contributed by atoms with Crippen molar-refractivity contribution in [2.24, 2.45) is 5.92 Å². The first kappa shape index (κ1) is 14.1. The van der Waals surface area contributed by atoms with Crippen molar-refractivity contribution in [3.05, 3.63) is 32.7 Å². The quantitative estimate of drug-likeness (QED) is 0.709. The summed E-state index contributed by atoms with van der Waals surface area (Å²) in [6.45, 7) is 5.21. The molecule has 18 heavy (non-hydrogen) atoms. The maximum absolute atomic E-state index is 12.5. The van der Waals surface area contributed by atoms with Gasteiger partial charge in [0.1, 0.15) is 0 Å². The molecule has 1 amide bonds. The molecule has 0 bridgehead atoms. The Hall–Kier alpha value is -0.350. The minimum Gasteiger partial charge on any atom is -0.336 e. The maximum atomic E-state index is 12.5. The van der Waals surface area contributed by atoms with Gasteiger partial charge in [0.05, 0.1) is 0 Å². The Morgan fingerprint density at radius 2 is 1.78 bits per heavy atom. The van der Waals surface area contributed by atoms with E-state index in [-0.39, 0.29) is 5.91 Å². The van der Waals surface area contributed by atoms with Gasteiger partial charge in [-0.2, -0.15) is 0 Å². The van der Waals surface area contributed by atoms with Crippen LogP contribution in [0.4, 0.5) is 0 Å². The van der Waals surface area contributed by atoms with E-state index in [4.69, 9.17) is 0 Å². The molecular formula is C14H17Br2NO. The van der Waals surface area contributed by atoms with Crippen LogP contribution in [0.1, 0.15) is 37.0 Å². The van der Waals surface area contributed by atoms with Crippen LogP contribution in [0.3, 0.4) is 0 Å². The monoisotopic (exact) mass is 373 g/mol. The molecule has 0 radical (unpaired) electrons. The van der Waals surface area contributed by atoms with Crippen LogP contribution in [-0.4, -0.2) is 23.4 Å². The van der Waals surface area contributed by atoms with E-state index in [0.717, 1.165) is 27.5 Å². The Morgan fingerprint density at radius 3 is 2.39 bits per heavy atom. The lowest BCUT2D eigenvalue weighted by Gasteiger charge is -2.37. The Morgan fingerprint density at radius 1 is 1.17 bits per heavy atom. The molecule has 4 heteroatoms. The number of likely N-dealkylation sites (tertiary alicyclic amines) is 1. The molecule has 1 heterocycles. The summed E-state index contributed by atoms with van der Waals surface area (Å²) in [5.74, 6) is 0.733. The van der Waals surface area contributed by atoms with Crippen LogP contribution in [0.25, 0.3) is 0 Å². The normalized spacial score (nSPS) is 24.1. The van der Waals surface area contributed by atoms with Gasteiger partial charge in [-0.25, -0.2) is 0 Å². The highest BCUT2D eigenvalue weighted by Gasteiger charge is 2.27. The number of piperidine rings is 1. The zero-order valence-electron chi connectivity index (χ0n) is 10.6. The molecule has 2 unspecified atom stereocenters. The fourth-order valence-electron chi connectivity index (χ4n) is 2.41. The summed E-state index contributed by atoms with van der Waals surface area (Å²) >= 11 is 6.86. The molecular weight excluding hydrogens is 358 g/mol. The zero-order chi connectivity index (χ0) is 13.3. The van der Waals surface area contributed by atoms with Gasteiger partial charge in [-0.1, -0.05) is 38.8 Å². The molecule has 2 rings (SSSR count). The molecule has 1 aliphatic rings. The summed E-state index contributed by atoms with van der Waals surface area (Å²) in [6, 6.07) is 6.06. The molecule has 0 aliphatic carbocycles. The molecule has 0 aromatic heterocycles. The number of amides is 1. The summed E-state index contributed by atoms with van der Waals surface area (Å²) in [7, 11) is 0. The molecule has 1 aliphatic heterocycles. The first-order chi connectivity index (χ1) is 8.47. The summed E-state index contributed by atoms with van der Waals surface area (Å²) in [6.07, 6.45) is 2.31. The summed E-state index contributed by atoms with van der Waals surface area (Å²) in [5.41, 5.74) is 0.747. The van der Waals surface area contributed by atoms with E-state index in [0.29, 0.717) is 12.0 Å². The van der Waals surface area contributed by atoms with E-state index in [1.165, 1.54) is 6.42 Å². The van der Waals surface area contributed by atoms with Gasteiger partial charge in [-0.3, -0.25) is 4.79 Å². The van der Waals surface area contributed by atoms with Crippen LogP contribution < -0.4 is 0 Å². The smallest absolute Gasteiger partial charge is 0.254 e. The Labute approximate surface area is 125 Å². The topological polar surface area (TPSA) is 20.3 Å². The number of carbonyl (C=O) groups is 1. The minimum atomic E-state index is 0.135. The Bertz CT molecular complexity index is 441. The van der Waals surface area contributed by atoms with Crippen molar-refractivity contribution in [3.63, 3.8) is 0 Å². The van der Waals surface area contributed by atoms with Crippen molar-refractivity contribution in [3.8, 4) is 0 Å². The molecule has 2 nitrogen and oxygen atoms in total. The maximum Gasteiger partial charge on any atom is 0.254 e. The van der Waals surface area contributed by atoms with E-state index in [1.54, 1.807) is 0 Å². The van der Waals surface area contributed by atoms with Crippen LogP contribution in [0.5, 0.6) is 0 Å². The third-order valence-electron chi connectivity index (χ3n) is 3.49. The molecule has 1 fully saturated rings. The number of nitrogens with zero attached hydrogens (tertiary/aromatic N) is 1. The molecule has 0 saturated carbocycles. The third-order valence-corrected chi connectivity index (χ3v) is 4.40. The van der Waals surface area contributed by atoms with Gasteiger partial charge < -0.3 is 4.90 Å². The summed E-state index contributed by atoms with van der Waals surface area (Å²) in [4.78, 5) is 14.5. The van der Waals surface area contributed by atoms with Gasteiger partial charge in [0.25, 0.3) is 5.91 Å². The van der Waals surface area contributed by atoms with Crippen LogP contribution in [-0.2, 0) is 0 Å². The second-order valence-electron chi connectivity index (χ2n) is 5.15. The average Bonchev–Trinajstić information content (AvgIpc) is 2.30. The van der Waals surface area contributed by atoms with Crippen LogP contribution in [0.15, 0.2) is 27.1 Å². The highest BCUT2D eigenvalue weighted by molar-refractivity contribution is 9.11. The van der Waals surface area contributed by atoms with E-state index >= 15 is 0 Å². The average molecular weight is 375 g/mol. The van der Waals surface area contributed by atoms with Crippen molar-refractivity contribution >= 4 is 37.8 Å². The molecule has 1 aromatic rings. The number of hydrogen-bond donors (Lipinski definition) is 0. The predicted molar refractivity (Wildman–Crippen MR) is 80.7 cm³/mol. The van der Waals surface area contributed by atoms with Crippen LogP contribution in [0, 0.1) is 5.92 Å². The van der Waals surface area contributed by atoms with E-state index in [2.05, 4.69) is 45.7 Å². The van der Waals surface area contributed by atoms with Crippen LogP contribution in [0.2, 0.25) is 0 Å². The van der Waals surface area contributed by atoms with Gasteiger partial charge in [0, 0.05) is 27.1 Å². The lowest BCUT2D eigenvalue weighted by Crippen LogP contribution is -2.44. The SMILES string of the molecule is CC1CCC(C)N(C(=O)c2cc(Br)cc(Br)c2)C1. The molecule has 0 spiro atoms. The number of halogens is 2. The van der Waals surface area contributed by atoms with E-state index in [1.807, 2.05) is 23.1 Å². The van der Waals surface area contributed by atoms with Gasteiger partial charge in [-0.05, 0) is 43.9 Å². The summed E-state index contributed by atoms with van der Waals surface area (Å²) < 4.78 is 1.86. The van der Waals surface area contributed by atoms with Crippen molar-refractivity contribution in [2.45, 2.75) is 32.7 Å². The van der Waals surface area contributed by atoms with Crippen molar-refractivity contribution in [1.29, 1.82) is 0 Å². The standard InChI is InChI=1S/C14H17Br2NO/c1-9-3-4-10(2)17(8-9)14(18)11-5-12(15)7-13(16)6-11/h5-7,9-10H,3-4,8H2,1-2H3. The molecule has 0 N–H and O–H groups in total. The first-order valence-corrected chi connectivity index (χ1v) is 7.83. The Kier molecular flexibility index (Phi) is 4.49. The van der Waals surface area contributed by atoms with Crippen molar-refractivity contribution in [1.82, 2.24) is 4.90 Å². The van der Waals surface area contributed by atoms with Crippen molar-refractivity contribution in [2.75, 3.05) is 6.54 Å². The lowest BCUT2D eigenvalue weighted by molar-refractivity contribution is 0.0574. The second-order valence-corrected chi connectivity index (χ2v) is 6.98. The molecule has 2 atom stereocenters. The Balaban J connectivity index is 2.24. The highest BCUT2D eigenvalue weighted by Crippen LogP contribution is 2.26. The number of benzene rings is 1. The zero-order valence-corrected chi connectivity index (χ0v) is 13.8. The fraction of sp³-hybridized carbons (Fsp3) is 0.500. The minimum absolute atomic E-state index is 0.135. The number of hydrogen-bond acceptors (Lipinski definition) is 1. The first-order valence-electron chi connectivity index (χ1n) is 6.24. The van der Waals surface area contributed by atoms with Crippen molar-refractivity contribution < 1.29 is 4.79 Å². The van der Waals surface area contributed by atoms with Gasteiger partial charge in [0.2, 0.25) is 0 Å². The third kappa shape index (κ3) is 3.15. The highest BCUT2D eigenvalue weighted by atomic mass is 79.9.